The summed E-state index contributed by atoms with van der Waals surface area (Å²) in [6.07, 6.45) is 2.87. The van der Waals surface area contributed by atoms with Gasteiger partial charge in [-0.15, -0.1) is 0 Å². The molecule has 168 valence electrons. The van der Waals surface area contributed by atoms with Crippen LogP contribution < -0.4 is 16.8 Å². The van der Waals surface area contributed by atoms with Crippen molar-refractivity contribution in [1.82, 2.24) is 19.5 Å². The Balaban J connectivity index is 1.76. The lowest BCUT2D eigenvalue weighted by atomic mass is 10.2. The summed E-state index contributed by atoms with van der Waals surface area (Å²) in [6, 6.07) is 0. The van der Waals surface area contributed by atoms with Crippen LogP contribution in [0, 0.1) is 0 Å². The van der Waals surface area contributed by atoms with Gasteiger partial charge in [-0.25, -0.2) is 19.5 Å². The molecule has 0 saturated carbocycles. The zero-order valence-electron chi connectivity index (χ0n) is 16.4. The third-order valence-electron chi connectivity index (χ3n) is 4.82. The number of phosphoric acid groups is 1. The lowest BCUT2D eigenvalue weighted by Gasteiger charge is -2.18. The molecule has 0 aliphatic carbocycles. The van der Waals surface area contributed by atoms with Crippen LogP contribution in [0.5, 0.6) is 0 Å². The van der Waals surface area contributed by atoms with E-state index in [4.69, 9.17) is 26.0 Å². The molecule has 0 amide bonds. The summed E-state index contributed by atoms with van der Waals surface area (Å²) >= 11 is 0. The molecule has 2 aromatic rings. The van der Waals surface area contributed by atoms with Crippen molar-refractivity contribution in [3.05, 3.63) is 6.33 Å². The molecule has 0 spiro atoms. The standard InChI is InChI=1S/C16H28N7O6P/c17-5-3-1-2-4-6-19-16-22-13-14(18)20-9-21-15(13)23(16)12-7-10(24)11(29-12)8-28-30(25,26)27/h9-12,24H,1-8,17H2,(H,19,22)(H2,18,20,21)(H2,25,26,27)/t10-,11+,12+/m0/s1. The van der Waals surface area contributed by atoms with Gasteiger partial charge in [-0.1, -0.05) is 12.8 Å². The quantitative estimate of drug-likeness (QED) is 0.201. The number of imidazole rings is 1. The average Bonchev–Trinajstić information content (AvgIpc) is 3.23. The van der Waals surface area contributed by atoms with Crippen LogP contribution in [-0.4, -0.2) is 66.3 Å². The number of hydrogen-bond donors (Lipinski definition) is 6. The highest BCUT2D eigenvalue weighted by atomic mass is 31.2. The first kappa shape index (κ1) is 22.8. The number of unbranched alkanes of at least 4 members (excludes halogenated alkanes) is 3. The van der Waals surface area contributed by atoms with E-state index in [9.17, 15) is 9.67 Å². The minimum atomic E-state index is -4.67. The molecule has 1 aliphatic heterocycles. The highest BCUT2D eigenvalue weighted by molar-refractivity contribution is 7.46. The van der Waals surface area contributed by atoms with Gasteiger partial charge in [-0.05, 0) is 19.4 Å². The second-order valence-electron chi connectivity index (χ2n) is 7.08. The van der Waals surface area contributed by atoms with Crippen molar-refractivity contribution < 1.29 is 28.7 Å². The molecule has 1 aliphatic rings. The fourth-order valence-corrected chi connectivity index (χ4v) is 3.68. The van der Waals surface area contributed by atoms with Crippen molar-refractivity contribution >= 4 is 30.8 Å². The van der Waals surface area contributed by atoms with Crippen molar-refractivity contribution in [2.45, 2.75) is 50.5 Å². The fourth-order valence-electron chi connectivity index (χ4n) is 3.34. The summed E-state index contributed by atoms with van der Waals surface area (Å²) in [5.74, 6) is 0.675. The molecular weight excluding hydrogens is 417 g/mol. The molecule has 1 saturated heterocycles. The Kier molecular flexibility index (Phi) is 7.58. The molecular formula is C16H28N7O6P. The smallest absolute Gasteiger partial charge is 0.390 e. The zero-order chi connectivity index (χ0) is 21.7. The Morgan fingerprint density at radius 1 is 1.30 bits per heavy atom. The molecule has 1 fully saturated rings. The fraction of sp³-hybridized carbons (Fsp3) is 0.688. The minimum Gasteiger partial charge on any atom is -0.390 e. The number of nitrogens with one attached hydrogen (secondary N) is 1. The van der Waals surface area contributed by atoms with Crippen LogP contribution in [0.15, 0.2) is 6.33 Å². The molecule has 13 nitrogen and oxygen atoms in total. The summed E-state index contributed by atoms with van der Waals surface area (Å²) in [4.78, 5) is 30.5. The van der Waals surface area contributed by atoms with E-state index >= 15 is 0 Å². The number of aliphatic hydroxyl groups excluding tert-OH is 1. The second-order valence-corrected chi connectivity index (χ2v) is 8.32. The zero-order valence-corrected chi connectivity index (χ0v) is 17.3. The van der Waals surface area contributed by atoms with Crippen LogP contribution in [0.4, 0.5) is 11.8 Å². The molecule has 0 radical (unpaired) electrons. The highest BCUT2D eigenvalue weighted by Crippen LogP contribution is 2.39. The van der Waals surface area contributed by atoms with Gasteiger partial charge in [-0.3, -0.25) is 9.09 Å². The van der Waals surface area contributed by atoms with Crippen molar-refractivity contribution in [3.8, 4) is 0 Å². The first-order chi connectivity index (χ1) is 14.3. The van der Waals surface area contributed by atoms with Gasteiger partial charge < -0.3 is 36.4 Å². The van der Waals surface area contributed by atoms with E-state index in [1.165, 1.54) is 6.33 Å². The topological polar surface area (TPSA) is 204 Å². The lowest BCUT2D eigenvalue weighted by Crippen LogP contribution is -2.26. The number of nitrogens with zero attached hydrogens (tertiary/aromatic N) is 4. The van der Waals surface area contributed by atoms with Gasteiger partial charge in [0.2, 0.25) is 5.95 Å². The van der Waals surface area contributed by atoms with Crippen LogP contribution in [0.1, 0.15) is 38.3 Å². The number of aliphatic hydroxyl groups is 1. The number of rotatable bonds is 11. The number of fused-ring (bicyclic) bond motifs is 1. The lowest BCUT2D eigenvalue weighted by molar-refractivity contribution is -0.0417. The Morgan fingerprint density at radius 2 is 2.07 bits per heavy atom. The van der Waals surface area contributed by atoms with Crippen LogP contribution in [-0.2, 0) is 13.8 Å². The number of ether oxygens (including phenoxy) is 1. The highest BCUT2D eigenvalue weighted by Gasteiger charge is 2.38. The van der Waals surface area contributed by atoms with Gasteiger partial charge >= 0.3 is 7.82 Å². The maximum Gasteiger partial charge on any atom is 0.469 e. The molecule has 0 aromatic carbocycles. The average molecular weight is 445 g/mol. The molecule has 3 heterocycles. The van der Waals surface area contributed by atoms with Crippen molar-refractivity contribution in [2.75, 3.05) is 30.7 Å². The van der Waals surface area contributed by atoms with Crippen LogP contribution in [0.25, 0.3) is 11.2 Å². The maximum atomic E-state index is 11.0. The van der Waals surface area contributed by atoms with Crippen molar-refractivity contribution in [2.24, 2.45) is 5.73 Å². The second kappa shape index (κ2) is 9.96. The third kappa shape index (κ3) is 5.64. The van der Waals surface area contributed by atoms with E-state index in [0.717, 1.165) is 25.7 Å². The normalized spacial score (nSPS) is 22.1. The van der Waals surface area contributed by atoms with Crippen LogP contribution in [0.3, 0.4) is 0 Å². The molecule has 3 atom stereocenters. The van der Waals surface area contributed by atoms with E-state index < -0.39 is 32.9 Å². The number of phosphoric ester groups is 1. The van der Waals surface area contributed by atoms with Gasteiger partial charge in [0.15, 0.2) is 17.0 Å². The van der Waals surface area contributed by atoms with Crippen LogP contribution >= 0.6 is 7.82 Å². The number of nitrogens with two attached hydrogens (primary N) is 2. The summed E-state index contributed by atoms with van der Waals surface area (Å²) in [5.41, 5.74) is 12.3. The van der Waals surface area contributed by atoms with Gasteiger partial charge in [0, 0.05) is 13.0 Å². The van der Waals surface area contributed by atoms with Gasteiger partial charge in [-0.2, -0.15) is 0 Å². The van der Waals surface area contributed by atoms with E-state index in [1.807, 2.05) is 0 Å². The molecule has 8 N–H and O–H groups in total. The monoisotopic (exact) mass is 445 g/mol. The summed E-state index contributed by atoms with van der Waals surface area (Å²) in [7, 11) is -4.67. The van der Waals surface area contributed by atoms with Gasteiger partial charge in [0.1, 0.15) is 18.7 Å². The predicted molar refractivity (Wildman–Crippen MR) is 108 cm³/mol. The number of anilines is 2. The molecule has 3 rings (SSSR count). The largest absolute Gasteiger partial charge is 0.469 e. The molecule has 0 bridgehead atoms. The van der Waals surface area contributed by atoms with E-state index in [1.54, 1.807) is 4.57 Å². The van der Waals surface area contributed by atoms with E-state index in [2.05, 4.69) is 24.8 Å². The number of hydrogen-bond acceptors (Lipinski definition) is 10. The summed E-state index contributed by atoms with van der Waals surface area (Å²) in [6.45, 7) is 0.881. The SMILES string of the molecule is NCCCCCCNc1nc2c(N)ncnc2n1[C@H]1C[C@H](O)[C@@H](COP(=O)(O)O)O1. The maximum absolute atomic E-state index is 11.0. The Labute approximate surface area is 173 Å². The Morgan fingerprint density at radius 3 is 2.80 bits per heavy atom. The third-order valence-corrected chi connectivity index (χ3v) is 5.30. The van der Waals surface area contributed by atoms with E-state index in [-0.39, 0.29) is 12.2 Å². The Hall–Kier alpha value is -1.86. The molecule has 14 heteroatoms. The molecule has 0 unspecified atom stereocenters. The summed E-state index contributed by atoms with van der Waals surface area (Å²) < 4.78 is 22.9. The number of nitrogen functional groups attached to an aromatic ring is 1. The first-order valence-corrected chi connectivity index (χ1v) is 11.3. The predicted octanol–water partition coefficient (Wildman–Crippen LogP) is 0.0972. The molecule has 2 aromatic heterocycles. The van der Waals surface area contributed by atoms with E-state index in [0.29, 0.717) is 30.2 Å². The first-order valence-electron chi connectivity index (χ1n) is 9.76. The summed E-state index contributed by atoms with van der Waals surface area (Å²) in [5, 5.41) is 13.5. The van der Waals surface area contributed by atoms with Crippen molar-refractivity contribution in [3.63, 3.8) is 0 Å². The molecule has 30 heavy (non-hydrogen) atoms. The van der Waals surface area contributed by atoms with Gasteiger partial charge in [0.25, 0.3) is 0 Å². The number of aromatic nitrogens is 4. The Bertz CT molecular complexity index is 890. The van der Waals surface area contributed by atoms with Crippen LogP contribution in [0.2, 0.25) is 0 Å². The van der Waals surface area contributed by atoms with Crippen molar-refractivity contribution in [1.29, 1.82) is 0 Å². The van der Waals surface area contributed by atoms with Gasteiger partial charge in [0.05, 0.1) is 12.7 Å². The minimum absolute atomic E-state index is 0.162.